The summed E-state index contributed by atoms with van der Waals surface area (Å²) < 4.78 is 33.4. The zero-order valence-corrected chi connectivity index (χ0v) is 5.67. The molecule has 0 unspecified atom stereocenters. The van der Waals surface area contributed by atoms with Crippen molar-refractivity contribution in [1.82, 2.24) is 14.8 Å². The van der Waals surface area contributed by atoms with Crippen molar-refractivity contribution in [1.29, 1.82) is 0 Å². The van der Waals surface area contributed by atoms with Crippen LogP contribution in [-0.4, -0.2) is 20.7 Å². The van der Waals surface area contributed by atoms with E-state index in [9.17, 15) is 8.78 Å². The van der Waals surface area contributed by atoms with Crippen LogP contribution in [0.2, 0.25) is 0 Å². The Bertz CT molecular complexity index is 291. The van der Waals surface area contributed by atoms with Gasteiger partial charge in [-0.2, -0.15) is 0 Å². The SMILES string of the molecule is [2H]c1nncn1C1CC(F)(F)C1. The molecular weight excluding hydrogens is 152 g/mol. The first-order valence-electron chi connectivity index (χ1n) is 3.82. The Morgan fingerprint density at radius 3 is 2.73 bits per heavy atom. The lowest BCUT2D eigenvalue weighted by molar-refractivity contribution is -0.104. The van der Waals surface area contributed by atoms with Crippen molar-refractivity contribution in [3.8, 4) is 0 Å². The van der Waals surface area contributed by atoms with Crippen LogP contribution in [0.4, 0.5) is 8.78 Å². The predicted octanol–water partition coefficient (Wildman–Crippen LogP) is 1.25. The molecule has 0 bridgehead atoms. The molecule has 1 fully saturated rings. The second-order valence-electron chi connectivity index (χ2n) is 2.76. The Balaban J connectivity index is 2.11. The molecule has 1 aliphatic rings. The minimum atomic E-state index is -2.55. The normalized spacial score (nSPS) is 24.4. The van der Waals surface area contributed by atoms with E-state index < -0.39 is 5.92 Å². The van der Waals surface area contributed by atoms with Gasteiger partial charge in [0.2, 0.25) is 0 Å². The van der Waals surface area contributed by atoms with E-state index in [1.165, 1.54) is 10.9 Å². The number of rotatable bonds is 1. The third-order valence-corrected chi connectivity index (χ3v) is 1.86. The van der Waals surface area contributed by atoms with E-state index in [4.69, 9.17) is 1.37 Å². The Hall–Kier alpha value is -1.00. The fraction of sp³-hybridized carbons (Fsp3) is 0.667. The summed E-state index contributed by atoms with van der Waals surface area (Å²) in [5.74, 6) is -2.55. The zero-order chi connectivity index (χ0) is 8.77. The summed E-state index contributed by atoms with van der Waals surface area (Å²) in [6.07, 6.45) is 0.881. The van der Waals surface area contributed by atoms with Crippen molar-refractivity contribution < 1.29 is 10.2 Å². The average Bonchev–Trinajstić information content (AvgIpc) is 2.30. The van der Waals surface area contributed by atoms with Crippen LogP contribution < -0.4 is 0 Å². The summed E-state index contributed by atoms with van der Waals surface area (Å²) in [4.78, 5) is 0. The van der Waals surface area contributed by atoms with Gasteiger partial charge in [-0.15, -0.1) is 10.2 Å². The molecule has 1 aromatic heterocycles. The minimum absolute atomic E-state index is 0.0458. The van der Waals surface area contributed by atoms with Crippen LogP contribution in [0, 0.1) is 0 Å². The smallest absolute Gasteiger partial charge is 0.252 e. The third-order valence-electron chi connectivity index (χ3n) is 1.86. The molecule has 0 aliphatic heterocycles. The highest BCUT2D eigenvalue weighted by atomic mass is 19.3. The van der Waals surface area contributed by atoms with Crippen LogP contribution in [0.1, 0.15) is 20.3 Å². The molecule has 0 spiro atoms. The van der Waals surface area contributed by atoms with Gasteiger partial charge in [-0.05, 0) is 0 Å². The van der Waals surface area contributed by atoms with Gasteiger partial charge in [0.1, 0.15) is 14.0 Å². The molecule has 1 aromatic rings. The zero-order valence-electron chi connectivity index (χ0n) is 6.67. The van der Waals surface area contributed by atoms with Crippen molar-refractivity contribution in [3.05, 3.63) is 12.6 Å². The van der Waals surface area contributed by atoms with E-state index in [-0.39, 0.29) is 25.2 Å². The molecule has 11 heavy (non-hydrogen) atoms. The topological polar surface area (TPSA) is 30.7 Å². The van der Waals surface area contributed by atoms with Crippen LogP contribution in [0.15, 0.2) is 12.6 Å². The first-order valence-corrected chi connectivity index (χ1v) is 3.32. The molecule has 3 nitrogen and oxygen atoms in total. The van der Waals surface area contributed by atoms with Crippen LogP contribution in [-0.2, 0) is 0 Å². The van der Waals surface area contributed by atoms with Crippen molar-refractivity contribution in [2.75, 3.05) is 0 Å². The van der Waals surface area contributed by atoms with Gasteiger partial charge in [0, 0.05) is 18.9 Å². The van der Waals surface area contributed by atoms with Gasteiger partial charge in [0.25, 0.3) is 5.92 Å². The monoisotopic (exact) mass is 160 g/mol. The van der Waals surface area contributed by atoms with Crippen LogP contribution in [0.25, 0.3) is 0 Å². The van der Waals surface area contributed by atoms with E-state index in [1.807, 2.05) is 0 Å². The van der Waals surface area contributed by atoms with Gasteiger partial charge < -0.3 is 4.57 Å². The van der Waals surface area contributed by atoms with E-state index in [1.54, 1.807) is 0 Å². The van der Waals surface area contributed by atoms with Crippen molar-refractivity contribution in [3.63, 3.8) is 0 Å². The quantitative estimate of drug-likeness (QED) is 0.619. The van der Waals surface area contributed by atoms with Crippen molar-refractivity contribution in [2.24, 2.45) is 0 Å². The first kappa shape index (κ1) is 5.62. The van der Waals surface area contributed by atoms with Crippen LogP contribution >= 0.6 is 0 Å². The standard InChI is InChI=1S/C6H7F2N3/c7-6(8)1-5(2-6)11-3-9-10-4-11/h3-5H,1-2H2/i3D. The molecule has 0 radical (unpaired) electrons. The maximum Gasteiger partial charge on any atom is 0.252 e. The molecule has 1 heterocycles. The Morgan fingerprint density at radius 2 is 2.27 bits per heavy atom. The van der Waals surface area contributed by atoms with Crippen molar-refractivity contribution >= 4 is 0 Å². The van der Waals surface area contributed by atoms with E-state index >= 15 is 0 Å². The maximum absolute atomic E-state index is 12.4. The highest BCUT2D eigenvalue weighted by Gasteiger charge is 2.46. The second kappa shape index (κ2) is 1.99. The molecule has 0 N–H and O–H groups in total. The molecule has 0 amide bonds. The van der Waals surface area contributed by atoms with E-state index in [0.717, 1.165) is 0 Å². The highest BCUT2D eigenvalue weighted by molar-refractivity contribution is 4.91. The maximum atomic E-state index is 12.4. The number of nitrogens with zero attached hydrogens (tertiary/aromatic N) is 3. The lowest BCUT2D eigenvalue weighted by Crippen LogP contribution is -2.36. The summed E-state index contributed by atoms with van der Waals surface area (Å²) in [5, 5.41) is 6.85. The fourth-order valence-corrected chi connectivity index (χ4v) is 1.19. The van der Waals surface area contributed by atoms with Gasteiger partial charge in [0.15, 0.2) is 0 Å². The fourth-order valence-electron chi connectivity index (χ4n) is 1.19. The van der Waals surface area contributed by atoms with E-state index in [2.05, 4.69) is 10.2 Å². The van der Waals surface area contributed by atoms with Gasteiger partial charge in [-0.25, -0.2) is 8.78 Å². The largest absolute Gasteiger partial charge is 0.317 e. The molecule has 0 aromatic carbocycles. The van der Waals surface area contributed by atoms with Gasteiger partial charge in [-0.1, -0.05) is 0 Å². The molecular formula is C6H7F2N3. The average molecular weight is 160 g/mol. The van der Waals surface area contributed by atoms with Gasteiger partial charge in [0.05, 0.1) is 0 Å². The Kier molecular flexibility index (Phi) is 1.02. The predicted molar refractivity (Wildman–Crippen MR) is 33.2 cm³/mol. The summed E-state index contributed by atoms with van der Waals surface area (Å²) in [7, 11) is 0. The molecule has 0 atom stereocenters. The van der Waals surface area contributed by atoms with Gasteiger partial charge in [-0.3, -0.25) is 0 Å². The van der Waals surface area contributed by atoms with Crippen molar-refractivity contribution in [2.45, 2.75) is 24.8 Å². The minimum Gasteiger partial charge on any atom is -0.317 e. The summed E-state index contributed by atoms with van der Waals surface area (Å²) in [6, 6.07) is -0.289. The molecule has 0 saturated heterocycles. The third kappa shape index (κ3) is 1.10. The lowest BCUT2D eigenvalue weighted by Gasteiger charge is -2.35. The molecule has 1 aliphatic carbocycles. The summed E-state index contributed by atoms with van der Waals surface area (Å²) >= 11 is 0. The highest BCUT2D eigenvalue weighted by Crippen LogP contribution is 2.44. The number of hydrogen-bond acceptors (Lipinski definition) is 2. The number of halogens is 2. The molecule has 2 rings (SSSR count). The van der Waals surface area contributed by atoms with E-state index in [0.29, 0.717) is 0 Å². The first-order chi connectivity index (χ1) is 5.58. The number of aromatic nitrogens is 3. The Morgan fingerprint density at radius 1 is 1.55 bits per heavy atom. The number of hydrogen-bond donors (Lipinski definition) is 0. The Labute approximate surface area is 63.4 Å². The van der Waals surface area contributed by atoms with Gasteiger partial charge >= 0.3 is 0 Å². The van der Waals surface area contributed by atoms with Crippen LogP contribution in [0.5, 0.6) is 0 Å². The summed E-state index contributed by atoms with van der Waals surface area (Å²) in [6.45, 7) is 0. The van der Waals surface area contributed by atoms with Crippen LogP contribution in [0.3, 0.4) is 0 Å². The summed E-state index contributed by atoms with van der Waals surface area (Å²) in [5.41, 5.74) is 0. The molecule has 1 saturated carbocycles. The molecule has 60 valence electrons. The lowest BCUT2D eigenvalue weighted by atomic mass is 9.88. The second-order valence-corrected chi connectivity index (χ2v) is 2.76. The number of alkyl halides is 2. The molecule has 5 heteroatoms.